The molecule has 0 aliphatic rings. The Morgan fingerprint density at radius 3 is 3.00 bits per heavy atom. The molecule has 3 aromatic rings. The summed E-state index contributed by atoms with van der Waals surface area (Å²) in [6, 6.07) is 4.89. The predicted octanol–water partition coefficient (Wildman–Crippen LogP) is 1.73. The number of aryl methyl sites for hydroxylation is 1. The Kier molecular flexibility index (Phi) is 2.16. The molecule has 0 aliphatic carbocycles. The van der Waals surface area contributed by atoms with Crippen molar-refractivity contribution < 1.29 is 9.90 Å². The van der Waals surface area contributed by atoms with E-state index in [0.717, 1.165) is 11.4 Å². The summed E-state index contributed by atoms with van der Waals surface area (Å²) in [7, 11) is 0. The van der Waals surface area contributed by atoms with E-state index in [0.29, 0.717) is 11.5 Å². The first kappa shape index (κ1) is 10.5. The van der Waals surface area contributed by atoms with Crippen molar-refractivity contribution in [3.8, 4) is 11.4 Å². The highest BCUT2D eigenvalue weighted by atomic mass is 16.4. The number of imidazole rings is 2. The van der Waals surface area contributed by atoms with Gasteiger partial charge in [-0.05, 0) is 19.1 Å². The minimum atomic E-state index is -1.04. The third-order valence-corrected chi connectivity index (χ3v) is 2.73. The van der Waals surface area contributed by atoms with Crippen LogP contribution in [0.3, 0.4) is 0 Å². The summed E-state index contributed by atoms with van der Waals surface area (Å²) < 4.78 is 1.89. The maximum Gasteiger partial charge on any atom is 0.354 e. The topological polar surface area (TPSA) is 83.3 Å². The van der Waals surface area contributed by atoms with Gasteiger partial charge in [-0.15, -0.1) is 0 Å². The second kappa shape index (κ2) is 3.69. The molecule has 90 valence electrons. The summed E-state index contributed by atoms with van der Waals surface area (Å²) in [5.41, 5.74) is 2.35. The van der Waals surface area contributed by atoms with E-state index in [-0.39, 0.29) is 5.69 Å². The molecule has 0 amide bonds. The van der Waals surface area contributed by atoms with E-state index >= 15 is 0 Å². The number of aromatic amines is 1. The molecule has 2 N–H and O–H groups in total. The van der Waals surface area contributed by atoms with Gasteiger partial charge in [-0.2, -0.15) is 0 Å². The van der Waals surface area contributed by atoms with Gasteiger partial charge in [-0.25, -0.2) is 14.8 Å². The van der Waals surface area contributed by atoms with Crippen molar-refractivity contribution in [2.45, 2.75) is 6.92 Å². The largest absolute Gasteiger partial charge is 0.477 e. The number of H-pyrrole nitrogens is 1. The average molecular weight is 242 g/mol. The molecule has 0 saturated carbocycles. The Hall–Kier alpha value is -2.63. The highest BCUT2D eigenvalue weighted by molar-refractivity contribution is 5.86. The van der Waals surface area contributed by atoms with Gasteiger partial charge in [0.15, 0.2) is 0 Å². The lowest BCUT2D eigenvalue weighted by molar-refractivity contribution is 0.0690. The average Bonchev–Trinajstić information content (AvgIpc) is 2.92. The normalized spacial score (nSPS) is 10.9. The number of carboxylic acid groups (broad SMARTS) is 1. The van der Waals surface area contributed by atoms with Crippen LogP contribution in [-0.4, -0.2) is 30.4 Å². The van der Waals surface area contributed by atoms with Crippen molar-refractivity contribution in [2.24, 2.45) is 0 Å². The summed E-state index contributed by atoms with van der Waals surface area (Å²) >= 11 is 0. The zero-order valence-corrected chi connectivity index (χ0v) is 9.58. The minimum Gasteiger partial charge on any atom is -0.477 e. The molecule has 18 heavy (non-hydrogen) atoms. The molecule has 3 aromatic heterocycles. The number of pyridine rings is 1. The lowest BCUT2D eigenvalue weighted by Crippen LogP contribution is -2.00. The molecule has 0 radical (unpaired) electrons. The highest BCUT2D eigenvalue weighted by Gasteiger charge is 2.10. The minimum absolute atomic E-state index is 0.0245. The van der Waals surface area contributed by atoms with Crippen molar-refractivity contribution in [3.05, 3.63) is 42.0 Å². The molecule has 0 bridgehead atoms. The fraction of sp³-hybridized carbons (Fsp3) is 0.0833. The molecule has 0 saturated heterocycles. The molecule has 0 aromatic carbocycles. The van der Waals surface area contributed by atoms with Gasteiger partial charge in [0.25, 0.3) is 0 Å². The number of carboxylic acids is 1. The Balaban J connectivity index is 2.13. The first-order chi connectivity index (χ1) is 8.65. The maximum absolute atomic E-state index is 10.9. The number of nitrogens with zero attached hydrogens (tertiary/aromatic N) is 3. The molecule has 6 heteroatoms. The summed E-state index contributed by atoms with van der Waals surface area (Å²) in [4.78, 5) is 22.2. The summed E-state index contributed by atoms with van der Waals surface area (Å²) in [6.45, 7) is 1.94. The van der Waals surface area contributed by atoms with E-state index in [1.54, 1.807) is 18.3 Å². The Morgan fingerprint density at radius 2 is 2.28 bits per heavy atom. The Labute approximate surface area is 102 Å². The van der Waals surface area contributed by atoms with Crippen molar-refractivity contribution in [1.82, 2.24) is 19.4 Å². The van der Waals surface area contributed by atoms with Gasteiger partial charge in [0.1, 0.15) is 5.69 Å². The molecule has 0 aliphatic heterocycles. The van der Waals surface area contributed by atoms with Crippen LogP contribution in [-0.2, 0) is 0 Å². The fourth-order valence-corrected chi connectivity index (χ4v) is 1.82. The van der Waals surface area contributed by atoms with E-state index in [1.165, 1.54) is 6.07 Å². The third-order valence-electron chi connectivity index (χ3n) is 2.73. The van der Waals surface area contributed by atoms with Crippen LogP contribution < -0.4 is 0 Å². The van der Waals surface area contributed by atoms with Crippen LogP contribution in [0.4, 0.5) is 0 Å². The standard InChI is InChI=1S/C12H10N4O2/c1-7-5-13-12-15-10(6-16(7)12)8-3-2-4-9(14-8)11(17)18/h2-6H,1H3,(H,13,15)(H,17,18). The molecule has 0 atom stereocenters. The van der Waals surface area contributed by atoms with Gasteiger partial charge in [0, 0.05) is 11.9 Å². The number of carbonyl (C=O) groups is 1. The van der Waals surface area contributed by atoms with E-state index in [4.69, 9.17) is 5.11 Å². The van der Waals surface area contributed by atoms with E-state index in [9.17, 15) is 4.79 Å². The smallest absolute Gasteiger partial charge is 0.354 e. The SMILES string of the molecule is Cc1cnc2[nH]c(-c3cccc(C(=O)O)n3)cn12. The van der Waals surface area contributed by atoms with Gasteiger partial charge in [0.05, 0.1) is 17.6 Å². The Bertz CT molecular complexity index is 741. The number of nitrogens with one attached hydrogen (secondary N) is 1. The van der Waals surface area contributed by atoms with Gasteiger partial charge < -0.3 is 10.1 Å². The van der Waals surface area contributed by atoms with E-state index in [2.05, 4.69) is 15.0 Å². The second-order valence-corrected chi connectivity index (χ2v) is 3.97. The first-order valence-corrected chi connectivity index (χ1v) is 5.38. The predicted molar refractivity (Wildman–Crippen MR) is 64.5 cm³/mol. The van der Waals surface area contributed by atoms with Crippen LogP contribution in [0.2, 0.25) is 0 Å². The molecule has 0 unspecified atom stereocenters. The molecule has 3 rings (SSSR count). The van der Waals surface area contributed by atoms with Crippen molar-refractivity contribution in [2.75, 3.05) is 0 Å². The summed E-state index contributed by atoms with van der Waals surface area (Å²) in [6.07, 6.45) is 3.61. The molecule has 0 fully saturated rings. The number of hydrogen-bond donors (Lipinski definition) is 2. The van der Waals surface area contributed by atoms with Crippen LogP contribution in [0.5, 0.6) is 0 Å². The summed E-state index contributed by atoms with van der Waals surface area (Å²) in [5, 5.41) is 8.91. The third kappa shape index (κ3) is 1.55. The highest BCUT2D eigenvalue weighted by Crippen LogP contribution is 2.17. The lowest BCUT2D eigenvalue weighted by Gasteiger charge is -1.98. The van der Waals surface area contributed by atoms with Crippen LogP contribution in [0.1, 0.15) is 16.2 Å². The zero-order chi connectivity index (χ0) is 12.7. The molecule has 3 heterocycles. The quantitative estimate of drug-likeness (QED) is 0.716. The van der Waals surface area contributed by atoms with Crippen molar-refractivity contribution in [1.29, 1.82) is 0 Å². The monoisotopic (exact) mass is 242 g/mol. The molecular formula is C12H10N4O2. The number of hydrogen-bond acceptors (Lipinski definition) is 3. The van der Waals surface area contributed by atoms with E-state index < -0.39 is 5.97 Å². The number of aromatic carboxylic acids is 1. The number of aromatic nitrogens is 4. The van der Waals surface area contributed by atoms with Crippen molar-refractivity contribution in [3.63, 3.8) is 0 Å². The second-order valence-electron chi connectivity index (χ2n) is 3.97. The lowest BCUT2D eigenvalue weighted by atomic mass is 10.2. The van der Waals surface area contributed by atoms with Gasteiger partial charge in [0.2, 0.25) is 5.78 Å². The van der Waals surface area contributed by atoms with Gasteiger partial charge >= 0.3 is 5.97 Å². The fourth-order valence-electron chi connectivity index (χ4n) is 1.82. The van der Waals surface area contributed by atoms with Crippen molar-refractivity contribution >= 4 is 11.7 Å². The Morgan fingerprint density at radius 1 is 1.44 bits per heavy atom. The number of rotatable bonds is 2. The molecule has 0 spiro atoms. The van der Waals surface area contributed by atoms with Crippen LogP contribution in [0, 0.1) is 6.92 Å². The van der Waals surface area contributed by atoms with Gasteiger partial charge in [-0.3, -0.25) is 4.40 Å². The summed E-state index contributed by atoms with van der Waals surface area (Å²) in [5.74, 6) is -0.325. The number of fused-ring (bicyclic) bond motifs is 1. The first-order valence-electron chi connectivity index (χ1n) is 5.38. The zero-order valence-electron chi connectivity index (χ0n) is 9.58. The molecule has 6 nitrogen and oxygen atoms in total. The molecular weight excluding hydrogens is 232 g/mol. The van der Waals surface area contributed by atoms with E-state index in [1.807, 2.05) is 17.5 Å². The van der Waals surface area contributed by atoms with Crippen LogP contribution >= 0.6 is 0 Å². The van der Waals surface area contributed by atoms with Crippen LogP contribution in [0.25, 0.3) is 17.2 Å². The van der Waals surface area contributed by atoms with Gasteiger partial charge in [-0.1, -0.05) is 6.07 Å². The van der Waals surface area contributed by atoms with Crippen LogP contribution in [0.15, 0.2) is 30.6 Å². The maximum atomic E-state index is 10.9.